The summed E-state index contributed by atoms with van der Waals surface area (Å²) >= 11 is 0. The van der Waals surface area contributed by atoms with E-state index in [9.17, 15) is 9.59 Å². The fourth-order valence-electron chi connectivity index (χ4n) is 1.19. The molecular formula is C11H12O6. The number of benzene rings is 1. The van der Waals surface area contributed by atoms with Gasteiger partial charge in [-0.1, -0.05) is 0 Å². The largest absolute Gasteiger partial charge is 0.508 e. The van der Waals surface area contributed by atoms with E-state index in [2.05, 4.69) is 0 Å². The minimum absolute atomic E-state index is 0.0165. The first-order valence-corrected chi connectivity index (χ1v) is 4.93. The zero-order valence-corrected chi connectivity index (χ0v) is 8.92. The molecule has 0 unspecified atom stereocenters. The number of aliphatic carboxylic acids is 1. The van der Waals surface area contributed by atoms with Crippen LogP contribution in [0.5, 0.6) is 17.2 Å². The van der Waals surface area contributed by atoms with E-state index in [1.54, 1.807) is 0 Å². The van der Waals surface area contributed by atoms with Crippen LogP contribution in [-0.4, -0.2) is 27.3 Å². The van der Waals surface area contributed by atoms with E-state index in [0.29, 0.717) is 0 Å². The van der Waals surface area contributed by atoms with Gasteiger partial charge in [-0.05, 0) is 6.42 Å². The molecule has 0 spiro atoms. The van der Waals surface area contributed by atoms with Crippen molar-refractivity contribution >= 4 is 11.9 Å². The molecule has 1 rings (SSSR count). The van der Waals surface area contributed by atoms with Gasteiger partial charge in [0.15, 0.2) is 0 Å². The second-order valence-corrected chi connectivity index (χ2v) is 3.41. The molecule has 0 bridgehead atoms. The summed E-state index contributed by atoms with van der Waals surface area (Å²) in [5, 5.41) is 26.6. The molecule has 0 atom stereocenters. The lowest BCUT2D eigenvalue weighted by Crippen LogP contribution is -2.08. The van der Waals surface area contributed by atoms with Crippen molar-refractivity contribution in [3.05, 3.63) is 18.2 Å². The molecule has 1 aromatic carbocycles. The zero-order valence-electron chi connectivity index (χ0n) is 8.92. The van der Waals surface area contributed by atoms with Gasteiger partial charge in [0.1, 0.15) is 17.2 Å². The number of phenolic OH excluding ortho intramolecular Hbond substituents is 2. The second kappa shape index (κ2) is 5.74. The Morgan fingerprint density at radius 3 is 2.18 bits per heavy atom. The molecule has 0 fully saturated rings. The molecule has 0 aromatic heterocycles. The summed E-state index contributed by atoms with van der Waals surface area (Å²) < 4.78 is 4.81. The van der Waals surface area contributed by atoms with Crippen molar-refractivity contribution in [3.8, 4) is 17.2 Å². The summed E-state index contributed by atoms with van der Waals surface area (Å²) in [5.74, 6) is -2.02. The molecule has 3 N–H and O–H groups in total. The Bertz CT molecular complexity index is 406. The maximum absolute atomic E-state index is 11.2. The van der Waals surface area contributed by atoms with Gasteiger partial charge in [0.25, 0.3) is 0 Å². The lowest BCUT2D eigenvalue weighted by atomic mass is 10.2. The Labute approximate surface area is 97.1 Å². The van der Waals surface area contributed by atoms with E-state index >= 15 is 0 Å². The van der Waals surface area contributed by atoms with Crippen LogP contribution in [0.3, 0.4) is 0 Å². The summed E-state index contributed by atoms with van der Waals surface area (Å²) in [6, 6.07) is 3.45. The summed E-state index contributed by atoms with van der Waals surface area (Å²) in [6.45, 7) is 0. The lowest BCUT2D eigenvalue weighted by molar-refractivity contribution is -0.137. The van der Waals surface area contributed by atoms with Gasteiger partial charge in [0.05, 0.1) is 0 Å². The molecule has 6 heteroatoms. The highest BCUT2D eigenvalue weighted by molar-refractivity contribution is 5.73. The molecule has 0 heterocycles. The third kappa shape index (κ3) is 4.87. The maximum Gasteiger partial charge on any atom is 0.311 e. The fourth-order valence-corrected chi connectivity index (χ4v) is 1.19. The number of phenols is 2. The van der Waals surface area contributed by atoms with Gasteiger partial charge in [-0.3, -0.25) is 9.59 Å². The van der Waals surface area contributed by atoms with E-state index in [1.165, 1.54) is 12.1 Å². The Balaban J connectivity index is 2.47. The first kappa shape index (κ1) is 12.8. The van der Waals surface area contributed by atoms with Gasteiger partial charge in [-0.15, -0.1) is 0 Å². The van der Waals surface area contributed by atoms with E-state index in [1.807, 2.05) is 0 Å². The van der Waals surface area contributed by atoms with E-state index in [0.717, 1.165) is 6.07 Å². The Morgan fingerprint density at radius 1 is 1.06 bits per heavy atom. The number of carbonyl (C=O) groups is 2. The third-order valence-electron chi connectivity index (χ3n) is 1.88. The molecule has 0 saturated carbocycles. The fraction of sp³-hybridized carbons (Fsp3) is 0.273. The monoisotopic (exact) mass is 240 g/mol. The maximum atomic E-state index is 11.2. The molecule has 0 saturated heterocycles. The average molecular weight is 240 g/mol. The van der Waals surface area contributed by atoms with Crippen LogP contribution in [0, 0.1) is 0 Å². The van der Waals surface area contributed by atoms with E-state index < -0.39 is 11.9 Å². The van der Waals surface area contributed by atoms with E-state index in [4.69, 9.17) is 20.1 Å². The highest BCUT2D eigenvalue weighted by Gasteiger charge is 2.08. The molecule has 0 aliphatic rings. The number of ether oxygens (including phenoxy) is 1. The number of aromatic hydroxyl groups is 2. The molecule has 0 aliphatic heterocycles. The van der Waals surface area contributed by atoms with Crippen LogP contribution < -0.4 is 4.74 Å². The molecular weight excluding hydrogens is 228 g/mol. The summed E-state index contributed by atoms with van der Waals surface area (Å²) in [5.41, 5.74) is 0. The molecule has 1 aromatic rings. The van der Waals surface area contributed by atoms with Crippen molar-refractivity contribution in [1.82, 2.24) is 0 Å². The van der Waals surface area contributed by atoms with Crippen LogP contribution in [0.25, 0.3) is 0 Å². The average Bonchev–Trinajstić information content (AvgIpc) is 2.14. The smallest absolute Gasteiger partial charge is 0.311 e. The van der Waals surface area contributed by atoms with Gasteiger partial charge in [-0.25, -0.2) is 0 Å². The topological polar surface area (TPSA) is 104 Å². The molecule has 0 amide bonds. The lowest BCUT2D eigenvalue weighted by Gasteiger charge is -2.04. The van der Waals surface area contributed by atoms with Crippen LogP contribution in [0.4, 0.5) is 0 Å². The van der Waals surface area contributed by atoms with Crippen molar-refractivity contribution in [1.29, 1.82) is 0 Å². The van der Waals surface area contributed by atoms with Crippen molar-refractivity contribution in [2.24, 2.45) is 0 Å². The van der Waals surface area contributed by atoms with Gasteiger partial charge >= 0.3 is 11.9 Å². The third-order valence-corrected chi connectivity index (χ3v) is 1.88. The van der Waals surface area contributed by atoms with Gasteiger partial charge < -0.3 is 20.1 Å². The first-order chi connectivity index (χ1) is 7.97. The number of carboxylic acids is 1. The highest BCUT2D eigenvalue weighted by atomic mass is 16.5. The van der Waals surface area contributed by atoms with Crippen molar-refractivity contribution < 1.29 is 29.6 Å². The Kier molecular flexibility index (Phi) is 4.33. The minimum atomic E-state index is -0.979. The van der Waals surface area contributed by atoms with Crippen LogP contribution in [0.1, 0.15) is 19.3 Å². The molecule has 0 radical (unpaired) electrons. The number of rotatable bonds is 5. The predicted octanol–water partition coefficient (Wildman–Crippen LogP) is 1.26. The number of hydrogen-bond donors (Lipinski definition) is 3. The standard InChI is InChI=1S/C11H12O6/c12-7-4-8(13)6-9(5-7)17-11(16)3-1-2-10(14)15/h4-6,12-13H,1-3H2,(H,14,15). The predicted molar refractivity (Wildman–Crippen MR) is 56.9 cm³/mol. The molecule has 0 aliphatic carbocycles. The molecule has 17 heavy (non-hydrogen) atoms. The van der Waals surface area contributed by atoms with Crippen LogP contribution >= 0.6 is 0 Å². The Hall–Kier alpha value is -2.24. The molecule has 92 valence electrons. The first-order valence-electron chi connectivity index (χ1n) is 4.93. The SMILES string of the molecule is O=C(O)CCCC(=O)Oc1cc(O)cc(O)c1. The second-order valence-electron chi connectivity index (χ2n) is 3.41. The van der Waals surface area contributed by atoms with Crippen LogP contribution in [0.15, 0.2) is 18.2 Å². The van der Waals surface area contributed by atoms with Crippen molar-refractivity contribution in [2.45, 2.75) is 19.3 Å². The van der Waals surface area contributed by atoms with E-state index in [-0.39, 0.29) is 36.5 Å². The molecule has 6 nitrogen and oxygen atoms in total. The van der Waals surface area contributed by atoms with Crippen molar-refractivity contribution in [3.63, 3.8) is 0 Å². The summed E-state index contributed by atoms with van der Waals surface area (Å²) in [4.78, 5) is 21.4. The summed E-state index contributed by atoms with van der Waals surface area (Å²) in [6.07, 6.45) is 0.0298. The normalized spacial score (nSPS) is 9.88. The van der Waals surface area contributed by atoms with Crippen LogP contribution in [-0.2, 0) is 9.59 Å². The van der Waals surface area contributed by atoms with Gasteiger partial charge in [0, 0.05) is 31.0 Å². The highest BCUT2D eigenvalue weighted by Crippen LogP contribution is 2.25. The van der Waals surface area contributed by atoms with Gasteiger partial charge in [0.2, 0.25) is 0 Å². The minimum Gasteiger partial charge on any atom is -0.508 e. The number of carbonyl (C=O) groups excluding carboxylic acids is 1. The van der Waals surface area contributed by atoms with Crippen LogP contribution in [0.2, 0.25) is 0 Å². The Morgan fingerprint density at radius 2 is 1.65 bits per heavy atom. The van der Waals surface area contributed by atoms with Gasteiger partial charge in [-0.2, -0.15) is 0 Å². The number of carboxylic acid groups (broad SMARTS) is 1. The number of hydrogen-bond acceptors (Lipinski definition) is 5. The summed E-state index contributed by atoms with van der Waals surface area (Å²) in [7, 11) is 0. The van der Waals surface area contributed by atoms with Crippen molar-refractivity contribution in [2.75, 3.05) is 0 Å². The number of esters is 1. The quantitative estimate of drug-likeness (QED) is 0.528. The zero-order chi connectivity index (χ0) is 12.8.